The van der Waals surface area contributed by atoms with E-state index in [9.17, 15) is 4.79 Å². The minimum atomic E-state index is -0.642. The van der Waals surface area contributed by atoms with Gasteiger partial charge in [0.25, 0.3) is 0 Å². The molecule has 1 aliphatic rings. The van der Waals surface area contributed by atoms with Gasteiger partial charge in [0.15, 0.2) is 0 Å². The lowest BCUT2D eigenvalue weighted by molar-refractivity contribution is 0.249. The lowest BCUT2D eigenvalue weighted by atomic mass is 10.1. The number of hydrogen-bond donors (Lipinski definition) is 2. The summed E-state index contributed by atoms with van der Waals surface area (Å²) in [5.41, 5.74) is 8.04. The lowest BCUT2D eigenvalue weighted by Crippen LogP contribution is -2.24. The number of nitrogens with one attached hydrogen (secondary N) is 1. The van der Waals surface area contributed by atoms with Gasteiger partial charge < -0.3 is 5.73 Å². The molecule has 1 aliphatic carbocycles. The van der Waals surface area contributed by atoms with Crippen LogP contribution in [0.15, 0.2) is 28.9 Å². The number of primary amides is 1. The standard InChI is InChI=1S/C10H15N3O/c11-10(14)13-12-8-9-6-4-2-1-3-5-7-9/h4,6-8H,1-3,5H2,(H3,11,13,14)/b6-4-,9-7+,12-8+. The van der Waals surface area contributed by atoms with Gasteiger partial charge in [0.2, 0.25) is 0 Å². The molecule has 76 valence electrons. The number of rotatable bonds is 2. The molecule has 3 N–H and O–H groups in total. The van der Waals surface area contributed by atoms with Gasteiger partial charge in [-0.3, -0.25) is 0 Å². The number of allylic oxidation sites excluding steroid dienone is 4. The Hall–Kier alpha value is -1.58. The van der Waals surface area contributed by atoms with Crippen molar-refractivity contribution in [3.63, 3.8) is 0 Å². The van der Waals surface area contributed by atoms with Crippen molar-refractivity contribution in [2.75, 3.05) is 0 Å². The van der Waals surface area contributed by atoms with E-state index < -0.39 is 6.03 Å². The largest absolute Gasteiger partial charge is 0.350 e. The molecule has 4 heteroatoms. The highest BCUT2D eigenvalue weighted by molar-refractivity contribution is 5.83. The second kappa shape index (κ2) is 5.96. The summed E-state index contributed by atoms with van der Waals surface area (Å²) < 4.78 is 0. The van der Waals surface area contributed by atoms with Gasteiger partial charge in [0, 0.05) is 0 Å². The van der Waals surface area contributed by atoms with E-state index in [4.69, 9.17) is 5.73 Å². The zero-order chi connectivity index (χ0) is 10.2. The van der Waals surface area contributed by atoms with E-state index in [0.717, 1.165) is 18.4 Å². The zero-order valence-electron chi connectivity index (χ0n) is 8.07. The highest BCUT2D eigenvalue weighted by Gasteiger charge is 1.93. The topological polar surface area (TPSA) is 67.5 Å². The lowest BCUT2D eigenvalue weighted by Gasteiger charge is -2.00. The van der Waals surface area contributed by atoms with Crippen LogP contribution in [0, 0.1) is 0 Å². The van der Waals surface area contributed by atoms with Gasteiger partial charge in [0.05, 0.1) is 6.21 Å². The molecule has 0 aliphatic heterocycles. The number of urea groups is 1. The fourth-order valence-corrected chi connectivity index (χ4v) is 1.23. The zero-order valence-corrected chi connectivity index (χ0v) is 8.07. The van der Waals surface area contributed by atoms with Gasteiger partial charge in [-0.15, -0.1) is 0 Å². The molecule has 0 spiro atoms. The molecule has 0 atom stereocenters. The Morgan fingerprint density at radius 3 is 3.07 bits per heavy atom. The summed E-state index contributed by atoms with van der Waals surface area (Å²) in [4.78, 5) is 10.3. The van der Waals surface area contributed by atoms with E-state index in [-0.39, 0.29) is 0 Å². The second-order valence-electron chi connectivity index (χ2n) is 3.13. The van der Waals surface area contributed by atoms with Crippen molar-refractivity contribution in [2.24, 2.45) is 10.8 Å². The summed E-state index contributed by atoms with van der Waals surface area (Å²) in [7, 11) is 0. The van der Waals surface area contributed by atoms with Crippen LogP contribution in [0.1, 0.15) is 25.7 Å². The summed E-state index contributed by atoms with van der Waals surface area (Å²) in [5.74, 6) is 0. The normalized spacial score (nSPS) is 23.3. The van der Waals surface area contributed by atoms with E-state index in [1.165, 1.54) is 12.8 Å². The van der Waals surface area contributed by atoms with Gasteiger partial charge in [0.1, 0.15) is 0 Å². The number of hydrogen-bond acceptors (Lipinski definition) is 2. The molecular weight excluding hydrogens is 178 g/mol. The summed E-state index contributed by atoms with van der Waals surface area (Å²) in [5, 5.41) is 3.70. The molecule has 0 saturated carbocycles. The summed E-state index contributed by atoms with van der Waals surface area (Å²) in [6.07, 6.45) is 12.4. The fourth-order valence-electron chi connectivity index (χ4n) is 1.23. The smallest absolute Gasteiger partial charge is 0.332 e. The first-order chi connectivity index (χ1) is 6.79. The monoisotopic (exact) mass is 193 g/mol. The first-order valence-electron chi connectivity index (χ1n) is 4.74. The molecule has 0 radical (unpaired) electrons. The van der Waals surface area contributed by atoms with E-state index in [0.29, 0.717) is 0 Å². The van der Waals surface area contributed by atoms with E-state index in [1.807, 2.05) is 6.08 Å². The predicted molar refractivity (Wildman–Crippen MR) is 56.9 cm³/mol. The minimum Gasteiger partial charge on any atom is -0.350 e. The third-order valence-electron chi connectivity index (χ3n) is 1.90. The maximum absolute atomic E-state index is 10.3. The Morgan fingerprint density at radius 2 is 2.29 bits per heavy atom. The van der Waals surface area contributed by atoms with E-state index >= 15 is 0 Å². The van der Waals surface area contributed by atoms with Crippen molar-refractivity contribution in [1.29, 1.82) is 0 Å². The van der Waals surface area contributed by atoms with Crippen molar-refractivity contribution in [3.05, 3.63) is 23.8 Å². The molecule has 0 aromatic heterocycles. The number of nitrogens with two attached hydrogens (primary N) is 1. The highest BCUT2D eigenvalue weighted by atomic mass is 16.2. The van der Waals surface area contributed by atoms with Gasteiger partial charge in [-0.05, 0) is 31.3 Å². The Balaban J connectivity index is 2.48. The average Bonchev–Trinajstić information content (AvgIpc) is 2.07. The molecule has 0 aromatic rings. The van der Waals surface area contributed by atoms with Crippen LogP contribution in [0.25, 0.3) is 0 Å². The Kier molecular flexibility index (Phi) is 4.47. The molecule has 2 amide bonds. The Labute approximate surface area is 83.6 Å². The van der Waals surface area contributed by atoms with Crippen molar-refractivity contribution < 1.29 is 4.79 Å². The molecule has 0 saturated heterocycles. The molecule has 4 nitrogen and oxygen atoms in total. The van der Waals surface area contributed by atoms with Crippen molar-refractivity contribution in [1.82, 2.24) is 5.43 Å². The van der Waals surface area contributed by atoms with Gasteiger partial charge in [-0.2, -0.15) is 5.10 Å². The predicted octanol–water partition coefficient (Wildman–Crippen LogP) is 1.70. The van der Waals surface area contributed by atoms with Gasteiger partial charge >= 0.3 is 6.03 Å². The maximum Gasteiger partial charge on any atom is 0.332 e. The van der Waals surface area contributed by atoms with Crippen LogP contribution in [-0.2, 0) is 0 Å². The van der Waals surface area contributed by atoms with Crippen LogP contribution in [0.2, 0.25) is 0 Å². The van der Waals surface area contributed by atoms with Crippen molar-refractivity contribution in [3.8, 4) is 0 Å². The van der Waals surface area contributed by atoms with Crippen LogP contribution >= 0.6 is 0 Å². The molecular formula is C10H15N3O. The van der Waals surface area contributed by atoms with Gasteiger partial charge in [-0.25, -0.2) is 10.2 Å². The molecule has 14 heavy (non-hydrogen) atoms. The Bertz CT molecular complexity index is 279. The third kappa shape index (κ3) is 4.45. The number of amides is 2. The first kappa shape index (κ1) is 10.5. The molecule has 0 heterocycles. The molecule has 1 rings (SSSR count). The SMILES string of the molecule is NC(=O)N/N=C/C1=C/CCCC/C=C\1. The summed E-state index contributed by atoms with van der Waals surface area (Å²) in [6.45, 7) is 0. The summed E-state index contributed by atoms with van der Waals surface area (Å²) in [6, 6.07) is -0.642. The highest BCUT2D eigenvalue weighted by Crippen LogP contribution is 2.09. The first-order valence-corrected chi connectivity index (χ1v) is 4.74. The van der Waals surface area contributed by atoms with Crippen LogP contribution in [0.3, 0.4) is 0 Å². The van der Waals surface area contributed by atoms with Crippen LogP contribution in [0.5, 0.6) is 0 Å². The van der Waals surface area contributed by atoms with Crippen LogP contribution in [0.4, 0.5) is 4.79 Å². The van der Waals surface area contributed by atoms with Gasteiger partial charge in [-0.1, -0.05) is 18.2 Å². The minimum absolute atomic E-state index is 0.642. The molecule has 0 aromatic carbocycles. The number of hydrazone groups is 1. The van der Waals surface area contributed by atoms with E-state index in [1.54, 1.807) is 6.21 Å². The second-order valence-corrected chi connectivity index (χ2v) is 3.13. The molecule has 0 unspecified atom stereocenters. The van der Waals surface area contributed by atoms with Crippen LogP contribution < -0.4 is 11.2 Å². The Morgan fingerprint density at radius 1 is 1.50 bits per heavy atom. The fraction of sp³-hybridized carbons (Fsp3) is 0.400. The molecule has 0 bridgehead atoms. The van der Waals surface area contributed by atoms with Crippen molar-refractivity contribution >= 4 is 12.2 Å². The number of carbonyl (C=O) groups is 1. The van der Waals surface area contributed by atoms with Crippen molar-refractivity contribution in [2.45, 2.75) is 25.7 Å². The quantitative estimate of drug-likeness (QED) is 0.508. The summed E-state index contributed by atoms with van der Waals surface area (Å²) >= 11 is 0. The average molecular weight is 193 g/mol. The number of nitrogens with zero attached hydrogens (tertiary/aromatic N) is 1. The van der Waals surface area contributed by atoms with Crippen LogP contribution in [-0.4, -0.2) is 12.2 Å². The maximum atomic E-state index is 10.3. The van der Waals surface area contributed by atoms with E-state index in [2.05, 4.69) is 22.7 Å². The number of carbonyl (C=O) groups excluding carboxylic acids is 1. The molecule has 0 fully saturated rings. The third-order valence-corrected chi connectivity index (χ3v) is 1.90.